The van der Waals surface area contributed by atoms with E-state index >= 15 is 0 Å². The topological polar surface area (TPSA) is 74.0 Å². The van der Waals surface area contributed by atoms with Crippen molar-refractivity contribution in [2.24, 2.45) is 0 Å². The molecule has 0 aliphatic carbocycles. The molecule has 0 aliphatic heterocycles. The van der Waals surface area contributed by atoms with Crippen LogP contribution in [0.5, 0.6) is 0 Å². The second kappa shape index (κ2) is 8.95. The highest BCUT2D eigenvalue weighted by Crippen LogP contribution is 2.22. The van der Waals surface area contributed by atoms with E-state index in [2.05, 4.69) is 60.7 Å². The Hall–Kier alpha value is -3.08. The number of benzene rings is 2. The fourth-order valence-corrected chi connectivity index (χ4v) is 3.24. The molecule has 0 radical (unpaired) electrons. The van der Waals surface area contributed by atoms with Gasteiger partial charge in [-0.3, -0.25) is 4.79 Å². The molecular weight excluding hydrogens is 362 g/mol. The smallest absolute Gasteiger partial charge is 0.314 e. The van der Waals surface area contributed by atoms with Gasteiger partial charge >= 0.3 is 6.03 Å². The van der Waals surface area contributed by atoms with Crippen LogP contribution in [0, 0.1) is 0 Å². The molecule has 0 atom stereocenters. The zero-order valence-corrected chi connectivity index (χ0v) is 17.3. The van der Waals surface area contributed by atoms with Crippen LogP contribution in [0.1, 0.15) is 37.5 Å². The van der Waals surface area contributed by atoms with E-state index in [1.54, 1.807) is 0 Å². The van der Waals surface area contributed by atoms with Crippen molar-refractivity contribution in [2.75, 3.05) is 13.1 Å². The summed E-state index contributed by atoms with van der Waals surface area (Å²) in [5.41, 5.74) is 4.02. The first-order chi connectivity index (χ1) is 13.8. The lowest BCUT2D eigenvalue weighted by atomic mass is 9.86. The number of hydrogen-bond acceptors (Lipinski definition) is 2. The molecule has 29 heavy (non-hydrogen) atoms. The van der Waals surface area contributed by atoms with Crippen molar-refractivity contribution in [3.05, 3.63) is 81.6 Å². The fraction of sp³-hybridized carbons (Fsp3) is 0.333. The molecule has 0 unspecified atom stereocenters. The Morgan fingerprint density at radius 1 is 0.931 bits per heavy atom. The van der Waals surface area contributed by atoms with Crippen LogP contribution in [0.3, 0.4) is 0 Å². The minimum atomic E-state index is -0.214. The Morgan fingerprint density at radius 3 is 2.28 bits per heavy atom. The molecule has 5 nitrogen and oxygen atoms in total. The fourth-order valence-electron chi connectivity index (χ4n) is 3.24. The van der Waals surface area contributed by atoms with Gasteiger partial charge in [-0.05, 0) is 46.9 Å². The summed E-state index contributed by atoms with van der Waals surface area (Å²) < 4.78 is 0. The molecule has 0 spiro atoms. The Kier molecular flexibility index (Phi) is 6.37. The molecule has 1 heterocycles. The molecule has 0 bridgehead atoms. The number of aromatic amines is 1. The number of rotatable bonds is 6. The molecule has 0 saturated heterocycles. The van der Waals surface area contributed by atoms with Crippen LogP contribution in [-0.4, -0.2) is 24.1 Å². The van der Waals surface area contributed by atoms with E-state index in [9.17, 15) is 9.59 Å². The molecule has 2 amide bonds. The molecule has 3 rings (SSSR count). The third kappa shape index (κ3) is 5.70. The molecule has 0 fully saturated rings. The van der Waals surface area contributed by atoms with E-state index < -0.39 is 0 Å². The van der Waals surface area contributed by atoms with Crippen molar-refractivity contribution in [1.29, 1.82) is 0 Å². The molecule has 2 aromatic carbocycles. The monoisotopic (exact) mass is 391 g/mol. The molecular formula is C24H29N3O2. The third-order valence-corrected chi connectivity index (χ3v) is 5.03. The van der Waals surface area contributed by atoms with Crippen molar-refractivity contribution in [2.45, 2.75) is 39.0 Å². The Labute approximate surface area is 171 Å². The van der Waals surface area contributed by atoms with E-state index in [0.29, 0.717) is 25.1 Å². The first kappa shape index (κ1) is 20.6. The number of carbonyl (C=O) groups excluding carboxylic acids is 1. The van der Waals surface area contributed by atoms with Crippen LogP contribution in [-0.2, 0) is 18.3 Å². The SMILES string of the molecule is CC(C)(C)c1ccc(CCNC(=O)NCCc2cc3ccccc3[nH]c2=O)cc1. The number of pyridine rings is 1. The number of nitrogens with one attached hydrogen (secondary N) is 3. The number of urea groups is 1. The summed E-state index contributed by atoms with van der Waals surface area (Å²) >= 11 is 0. The number of amides is 2. The molecule has 5 heteroatoms. The maximum Gasteiger partial charge on any atom is 0.314 e. The van der Waals surface area contributed by atoms with Gasteiger partial charge in [0.25, 0.3) is 5.56 Å². The van der Waals surface area contributed by atoms with Gasteiger partial charge in [0.15, 0.2) is 0 Å². The lowest BCUT2D eigenvalue weighted by Crippen LogP contribution is -2.38. The maximum absolute atomic E-state index is 12.1. The molecule has 0 aliphatic rings. The standard InChI is InChI=1S/C24H29N3O2/c1-24(2,3)20-10-8-17(9-11-20)12-14-25-23(29)26-15-13-19-16-18-6-4-5-7-21(18)27-22(19)28/h4-11,16H,12-15H2,1-3H3,(H,27,28)(H2,25,26,29). The van der Waals surface area contributed by atoms with Crippen molar-refractivity contribution in [3.8, 4) is 0 Å². The number of hydrogen-bond donors (Lipinski definition) is 3. The second-order valence-corrected chi connectivity index (χ2v) is 8.34. The molecule has 1 aromatic heterocycles. The zero-order chi connectivity index (χ0) is 20.9. The van der Waals surface area contributed by atoms with Gasteiger partial charge in [0.1, 0.15) is 0 Å². The van der Waals surface area contributed by atoms with Crippen LogP contribution < -0.4 is 16.2 Å². The van der Waals surface area contributed by atoms with E-state index in [1.807, 2.05) is 30.3 Å². The maximum atomic E-state index is 12.1. The summed E-state index contributed by atoms with van der Waals surface area (Å²) in [6, 6.07) is 17.9. The summed E-state index contributed by atoms with van der Waals surface area (Å²) in [6.07, 6.45) is 1.27. The number of para-hydroxylation sites is 1. The third-order valence-electron chi connectivity index (χ3n) is 5.03. The second-order valence-electron chi connectivity index (χ2n) is 8.34. The highest BCUT2D eigenvalue weighted by molar-refractivity contribution is 5.78. The molecule has 152 valence electrons. The van der Waals surface area contributed by atoms with Gasteiger partial charge in [0.05, 0.1) is 0 Å². The summed E-state index contributed by atoms with van der Waals surface area (Å²) in [4.78, 5) is 27.0. The van der Waals surface area contributed by atoms with Gasteiger partial charge in [-0.2, -0.15) is 0 Å². The summed E-state index contributed by atoms with van der Waals surface area (Å²) in [7, 11) is 0. The van der Waals surface area contributed by atoms with Gasteiger partial charge < -0.3 is 15.6 Å². The molecule has 0 saturated carbocycles. The van der Waals surface area contributed by atoms with E-state index in [0.717, 1.165) is 17.3 Å². The van der Waals surface area contributed by atoms with E-state index in [-0.39, 0.29) is 17.0 Å². The quantitative estimate of drug-likeness (QED) is 0.596. The zero-order valence-electron chi connectivity index (χ0n) is 17.3. The first-order valence-corrected chi connectivity index (χ1v) is 10.0. The van der Waals surface area contributed by atoms with Crippen LogP contribution in [0.25, 0.3) is 10.9 Å². The predicted molar refractivity (Wildman–Crippen MR) is 119 cm³/mol. The number of carbonyl (C=O) groups is 1. The van der Waals surface area contributed by atoms with Gasteiger partial charge in [-0.25, -0.2) is 4.79 Å². The van der Waals surface area contributed by atoms with E-state index in [1.165, 1.54) is 11.1 Å². The van der Waals surface area contributed by atoms with Crippen molar-refractivity contribution in [1.82, 2.24) is 15.6 Å². The average molecular weight is 392 g/mol. The van der Waals surface area contributed by atoms with Gasteiger partial charge in [-0.1, -0.05) is 63.2 Å². The Bertz CT molecular complexity index is 1030. The summed E-state index contributed by atoms with van der Waals surface area (Å²) in [5, 5.41) is 6.68. The van der Waals surface area contributed by atoms with Crippen molar-refractivity contribution >= 4 is 16.9 Å². The predicted octanol–water partition coefficient (Wildman–Crippen LogP) is 3.91. The van der Waals surface area contributed by atoms with Gasteiger partial charge in [0, 0.05) is 24.2 Å². The lowest BCUT2D eigenvalue weighted by Gasteiger charge is -2.19. The van der Waals surface area contributed by atoms with Crippen LogP contribution >= 0.6 is 0 Å². The summed E-state index contributed by atoms with van der Waals surface area (Å²) in [6.45, 7) is 7.56. The van der Waals surface area contributed by atoms with Gasteiger partial charge in [0.2, 0.25) is 0 Å². The molecule has 3 aromatic rings. The van der Waals surface area contributed by atoms with E-state index in [4.69, 9.17) is 0 Å². The normalized spacial score (nSPS) is 11.4. The first-order valence-electron chi connectivity index (χ1n) is 10.0. The van der Waals surface area contributed by atoms with Crippen LogP contribution in [0.15, 0.2) is 59.4 Å². The highest BCUT2D eigenvalue weighted by Gasteiger charge is 2.12. The number of aromatic nitrogens is 1. The molecule has 3 N–H and O–H groups in total. The number of H-pyrrole nitrogens is 1. The minimum absolute atomic E-state index is 0.107. The number of fused-ring (bicyclic) bond motifs is 1. The van der Waals surface area contributed by atoms with Crippen LogP contribution in [0.2, 0.25) is 0 Å². The van der Waals surface area contributed by atoms with Crippen molar-refractivity contribution in [3.63, 3.8) is 0 Å². The van der Waals surface area contributed by atoms with Crippen LogP contribution in [0.4, 0.5) is 4.79 Å². The van der Waals surface area contributed by atoms with Crippen molar-refractivity contribution < 1.29 is 4.79 Å². The van der Waals surface area contributed by atoms with Gasteiger partial charge in [-0.15, -0.1) is 0 Å². The lowest BCUT2D eigenvalue weighted by molar-refractivity contribution is 0.241. The largest absolute Gasteiger partial charge is 0.338 e. The summed E-state index contributed by atoms with van der Waals surface area (Å²) in [5.74, 6) is 0. The minimum Gasteiger partial charge on any atom is -0.338 e. The Balaban J connectivity index is 1.42. The Morgan fingerprint density at radius 2 is 1.59 bits per heavy atom. The average Bonchev–Trinajstić information content (AvgIpc) is 2.68. The highest BCUT2D eigenvalue weighted by atomic mass is 16.2.